The van der Waals surface area contributed by atoms with Crippen molar-refractivity contribution in [3.63, 3.8) is 0 Å². The maximum absolute atomic E-state index is 11.0. The number of rotatable bonds is 5. The number of nitrogens with zero attached hydrogens (tertiary/aromatic N) is 4. The molecule has 2 aromatic rings. The van der Waals surface area contributed by atoms with Crippen molar-refractivity contribution in [2.24, 2.45) is 0 Å². The van der Waals surface area contributed by atoms with E-state index in [-0.39, 0.29) is 16.7 Å². The standard InChI is InChI=1S/C13H13ClN4O2/c1-17(9-6-10-4-7-15-8-5-10)13-11(18(19)20)2-3-12(14)16-13/h2-5,7-8H,6,9H2,1H3. The molecule has 104 valence electrons. The Hall–Kier alpha value is -2.21. The van der Waals surface area contributed by atoms with Gasteiger partial charge in [-0.05, 0) is 30.2 Å². The molecule has 0 N–H and O–H groups in total. The molecule has 20 heavy (non-hydrogen) atoms. The van der Waals surface area contributed by atoms with Gasteiger partial charge in [0.2, 0.25) is 5.82 Å². The molecule has 6 nitrogen and oxygen atoms in total. The van der Waals surface area contributed by atoms with E-state index in [2.05, 4.69) is 9.97 Å². The normalized spacial score (nSPS) is 10.3. The van der Waals surface area contributed by atoms with E-state index >= 15 is 0 Å². The smallest absolute Gasteiger partial charge is 0.311 e. The number of hydrogen-bond donors (Lipinski definition) is 0. The predicted molar refractivity (Wildman–Crippen MR) is 77.1 cm³/mol. The highest BCUT2D eigenvalue weighted by Crippen LogP contribution is 2.26. The molecule has 0 aliphatic carbocycles. The number of anilines is 1. The average molecular weight is 293 g/mol. The van der Waals surface area contributed by atoms with E-state index in [4.69, 9.17) is 11.6 Å². The van der Waals surface area contributed by atoms with Gasteiger partial charge in [-0.3, -0.25) is 15.1 Å². The summed E-state index contributed by atoms with van der Waals surface area (Å²) in [4.78, 5) is 20.3. The Kier molecular flexibility index (Phi) is 4.47. The molecule has 0 bridgehead atoms. The van der Waals surface area contributed by atoms with Crippen LogP contribution >= 0.6 is 11.6 Å². The van der Waals surface area contributed by atoms with Gasteiger partial charge in [0.15, 0.2) is 0 Å². The Balaban J connectivity index is 2.14. The fourth-order valence-corrected chi connectivity index (χ4v) is 1.94. The van der Waals surface area contributed by atoms with Crippen LogP contribution in [0.1, 0.15) is 5.56 Å². The molecule has 0 fully saturated rings. The summed E-state index contributed by atoms with van der Waals surface area (Å²) >= 11 is 5.81. The van der Waals surface area contributed by atoms with Crippen molar-refractivity contribution in [3.8, 4) is 0 Å². The fourth-order valence-electron chi connectivity index (χ4n) is 1.79. The van der Waals surface area contributed by atoms with Crippen LogP contribution in [0.4, 0.5) is 11.5 Å². The molecule has 2 heterocycles. The Morgan fingerprint density at radius 2 is 2.00 bits per heavy atom. The average Bonchev–Trinajstić information content (AvgIpc) is 2.45. The second-order valence-corrected chi connectivity index (χ2v) is 4.65. The van der Waals surface area contributed by atoms with Gasteiger partial charge in [-0.1, -0.05) is 11.6 Å². The van der Waals surface area contributed by atoms with Crippen molar-refractivity contribution in [2.45, 2.75) is 6.42 Å². The van der Waals surface area contributed by atoms with Gasteiger partial charge in [0.25, 0.3) is 0 Å². The van der Waals surface area contributed by atoms with E-state index in [1.165, 1.54) is 12.1 Å². The van der Waals surface area contributed by atoms with Gasteiger partial charge in [0, 0.05) is 32.1 Å². The summed E-state index contributed by atoms with van der Waals surface area (Å²) in [5, 5.41) is 11.2. The van der Waals surface area contributed by atoms with Crippen LogP contribution in [0.3, 0.4) is 0 Å². The van der Waals surface area contributed by atoms with E-state index in [9.17, 15) is 10.1 Å². The summed E-state index contributed by atoms with van der Waals surface area (Å²) in [6, 6.07) is 6.61. The molecular weight excluding hydrogens is 280 g/mol. The number of halogens is 1. The van der Waals surface area contributed by atoms with Crippen LogP contribution < -0.4 is 4.90 Å². The van der Waals surface area contributed by atoms with Crippen LogP contribution in [0.15, 0.2) is 36.7 Å². The van der Waals surface area contributed by atoms with Gasteiger partial charge < -0.3 is 4.90 Å². The predicted octanol–water partition coefficient (Wildman–Crippen LogP) is 2.72. The quantitative estimate of drug-likeness (QED) is 0.481. The molecule has 0 radical (unpaired) electrons. The van der Waals surface area contributed by atoms with Gasteiger partial charge in [-0.15, -0.1) is 0 Å². The molecule has 0 aliphatic rings. The number of hydrogen-bond acceptors (Lipinski definition) is 5. The Bertz CT molecular complexity index is 607. The van der Waals surface area contributed by atoms with Crippen molar-refractivity contribution < 1.29 is 4.92 Å². The maximum atomic E-state index is 11.0. The molecule has 7 heteroatoms. The van der Waals surface area contributed by atoms with Crippen molar-refractivity contribution in [1.29, 1.82) is 0 Å². The Morgan fingerprint density at radius 3 is 2.65 bits per heavy atom. The van der Waals surface area contributed by atoms with Crippen molar-refractivity contribution in [2.75, 3.05) is 18.5 Å². The molecule has 0 saturated heterocycles. The molecule has 2 aromatic heterocycles. The first-order valence-corrected chi connectivity index (χ1v) is 6.36. The van der Waals surface area contributed by atoms with E-state index in [1.807, 2.05) is 12.1 Å². The molecule has 0 atom stereocenters. The summed E-state index contributed by atoms with van der Waals surface area (Å²) in [6.45, 7) is 0.595. The fraction of sp³-hybridized carbons (Fsp3) is 0.231. The minimum atomic E-state index is -0.457. The Labute approximate surface area is 121 Å². The summed E-state index contributed by atoms with van der Waals surface area (Å²) in [5.74, 6) is 0.275. The summed E-state index contributed by atoms with van der Waals surface area (Å²) in [6.07, 6.45) is 4.18. The van der Waals surface area contributed by atoms with E-state index in [0.29, 0.717) is 6.54 Å². The number of pyridine rings is 2. The van der Waals surface area contributed by atoms with Gasteiger partial charge >= 0.3 is 5.69 Å². The molecule has 0 spiro atoms. The first-order chi connectivity index (χ1) is 9.58. The second-order valence-electron chi connectivity index (χ2n) is 4.26. The molecule has 0 aliphatic heterocycles. The molecule has 0 aromatic carbocycles. The summed E-state index contributed by atoms with van der Waals surface area (Å²) in [7, 11) is 1.76. The first kappa shape index (κ1) is 14.2. The third-order valence-corrected chi connectivity index (χ3v) is 3.07. The highest BCUT2D eigenvalue weighted by Gasteiger charge is 2.19. The summed E-state index contributed by atoms with van der Waals surface area (Å²) < 4.78 is 0. The van der Waals surface area contributed by atoms with Crippen molar-refractivity contribution in [3.05, 3.63) is 57.5 Å². The number of likely N-dealkylation sites (N-methyl/N-ethyl adjacent to an activating group) is 1. The lowest BCUT2D eigenvalue weighted by molar-refractivity contribution is -0.384. The maximum Gasteiger partial charge on any atom is 0.311 e. The van der Waals surface area contributed by atoms with Crippen LogP contribution in [0.5, 0.6) is 0 Å². The van der Waals surface area contributed by atoms with Crippen LogP contribution in [-0.4, -0.2) is 28.5 Å². The van der Waals surface area contributed by atoms with E-state index in [0.717, 1.165) is 12.0 Å². The highest BCUT2D eigenvalue weighted by molar-refractivity contribution is 6.29. The molecule has 2 rings (SSSR count). The molecular formula is C13H13ClN4O2. The molecule has 0 unspecified atom stereocenters. The van der Waals surface area contributed by atoms with Gasteiger partial charge in [0.05, 0.1) is 4.92 Å². The highest BCUT2D eigenvalue weighted by atomic mass is 35.5. The zero-order valence-electron chi connectivity index (χ0n) is 10.9. The largest absolute Gasteiger partial charge is 0.354 e. The minimum Gasteiger partial charge on any atom is -0.354 e. The SMILES string of the molecule is CN(CCc1ccncc1)c1nc(Cl)ccc1[N+](=O)[O-]. The zero-order chi connectivity index (χ0) is 14.5. The molecule has 0 amide bonds. The lowest BCUT2D eigenvalue weighted by Gasteiger charge is -2.18. The van der Waals surface area contributed by atoms with E-state index in [1.54, 1.807) is 24.3 Å². The number of nitro groups is 1. The second kappa shape index (κ2) is 6.29. The monoisotopic (exact) mass is 292 g/mol. The van der Waals surface area contributed by atoms with Gasteiger partial charge in [0.1, 0.15) is 5.15 Å². The van der Waals surface area contributed by atoms with Gasteiger partial charge in [-0.2, -0.15) is 0 Å². The summed E-state index contributed by atoms with van der Waals surface area (Å²) in [5.41, 5.74) is 1.06. The van der Waals surface area contributed by atoms with Gasteiger partial charge in [-0.25, -0.2) is 4.98 Å². The zero-order valence-corrected chi connectivity index (χ0v) is 11.6. The third kappa shape index (κ3) is 3.42. The third-order valence-electron chi connectivity index (χ3n) is 2.86. The van der Waals surface area contributed by atoms with Crippen molar-refractivity contribution in [1.82, 2.24) is 9.97 Å². The van der Waals surface area contributed by atoms with Crippen LogP contribution in [0.2, 0.25) is 5.15 Å². The van der Waals surface area contributed by atoms with E-state index < -0.39 is 4.92 Å². The minimum absolute atomic E-state index is 0.0494. The first-order valence-electron chi connectivity index (χ1n) is 5.99. The van der Waals surface area contributed by atoms with Crippen LogP contribution in [0.25, 0.3) is 0 Å². The number of aromatic nitrogens is 2. The lowest BCUT2D eigenvalue weighted by atomic mass is 10.2. The van der Waals surface area contributed by atoms with Crippen LogP contribution in [0, 0.1) is 10.1 Å². The van der Waals surface area contributed by atoms with Crippen LogP contribution in [-0.2, 0) is 6.42 Å². The Morgan fingerprint density at radius 1 is 1.30 bits per heavy atom. The lowest BCUT2D eigenvalue weighted by Crippen LogP contribution is -2.22. The topological polar surface area (TPSA) is 72.2 Å². The molecule has 0 saturated carbocycles. The van der Waals surface area contributed by atoms with Crippen molar-refractivity contribution >= 4 is 23.1 Å².